The van der Waals surface area contributed by atoms with Crippen LogP contribution in [0.5, 0.6) is 0 Å². The van der Waals surface area contributed by atoms with E-state index >= 15 is 0 Å². The Morgan fingerprint density at radius 3 is 2.27 bits per heavy atom. The zero-order chi connectivity index (χ0) is 22.8. The summed E-state index contributed by atoms with van der Waals surface area (Å²) in [7, 11) is 0. The van der Waals surface area contributed by atoms with Gasteiger partial charge >= 0.3 is 0 Å². The molecule has 2 aromatic carbocycles. The highest BCUT2D eigenvalue weighted by atomic mass is 14.9. The summed E-state index contributed by atoms with van der Waals surface area (Å²) in [6, 6.07) is 20.8. The summed E-state index contributed by atoms with van der Waals surface area (Å²) in [4.78, 5) is 18.1. The van der Waals surface area contributed by atoms with Crippen LogP contribution in [0.2, 0.25) is 0 Å². The van der Waals surface area contributed by atoms with Crippen molar-refractivity contribution in [3.8, 4) is 22.4 Å². The Labute approximate surface area is 193 Å². The SMILES string of the molecule is Cc1cc(-c2cnc3c(NCc4ccc(-c5ccnc(C)c5)c(C)c4)cccc3n2)ccn1. The molecule has 0 saturated heterocycles. The molecule has 0 bridgehead atoms. The highest BCUT2D eigenvalue weighted by Crippen LogP contribution is 2.27. The van der Waals surface area contributed by atoms with Crippen LogP contribution in [0.25, 0.3) is 33.4 Å². The number of benzene rings is 2. The average Bonchev–Trinajstić information content (AvgIpc) is 2.82. The number of hydrogen-bond acceptors (Lipinski definition) is 5. The smallest absolute Gasteiger partial charge is 0.112 e. The van der Waals surface area contributed by atoms with Crippen molar-refractivity contribution in [2.24, 2.45) is 0 Å². The van der Waals surface area contributed by atoms with E-state index in [-0.39, 0.29) is 0 Å². The molecule has 3 heterocycles. The topological polar surface area (TPSA) is 63.6 Å². The van der Waals surface area contributed by atoms with Gasteiger partial charge in [0.05, 0.1) is 23.1 Å². The maximum Gasteiger partial charge on any atom is 0.112 e. The van der Waals surface area contributed by atoms with E-state index in [1.807, 2.05) is 56.6 Å². The van der Waals surface area contributed by atoms with Gasteiger partial charge < -0.3 is 5.32 Å². The molecular weight excluding hydrogens is 406 g/mol. The molecule has 0 aliphatic heterocycles. The first kappa shape index (κ1) is 20.8. The minimum absolute atomic E-state index is 0.711. The van der Waals surface area contributed by atoms with Crippen molar-refractivity contribution >= 4 is 16.7 Å². The quantitative estimate of drug-likeness (QED) is 0.354. The largest absolute Gasteiger partial charge is 0.379 e. The molecule has 162 valence electrons. The first-order valence-corrected chi connectivity index (χ1v) is 11.0. The van der Waals surface area contributed by atoms with Gasteiger partial charge in [-0.2, -0.15) is 0 Å². The fourth-order valence-corrected chi connectivity index (χ4v) is 4.10. The van der Waals surface area contributed by atoms with Crippen molar-refractivity contribution in [1.29, 1.82) is 0 Å². The van der Waals surface area contributed by atoms with E-state index in [4.69, 9.17) is 9.97 Å². The molecule has 5 rings (SSSR count). The van der Waals surface area contributed by atoms with Gasteiger partial charge in [0.15, 0.2) is 0 Å². The van der Waals surface area contributed by atoms with Crippen molar-refractivity contribution in [3.05, 3.63) is 102 Å². The second kappa shape index (κ2) is 8.79. The number of para-hydroxylation sites is 1. The van der Waals surface area contributed by atoms with Crippen molar-refractivity contribution in [1.82, 2.24) is 19.9 Å². The molecule has 0 radical (unpaired) electrons. The van der Waals surface area contributed by atoms with Gasteiger partial charge in [0.25, 0.3) is 0 Å². The van der Waals surface area contributed by atoms with E-state index in [0.29, 0.717) is 6.54 Å². The van der Waals surface area contributed by atoms with Gasteiger partial charge in [-0.15, -0.1) is 0 Å². The predicted molar refractivity (Wildman–Crippen MR) is 134 cm³/mol. The van der Waals surface area contributed by atoms with Crippen LogP contribution in [0.15, 0.2) is 79.3 Å². The first-order valence-electron chi connectivity index (χ1n) is 11.0. The lowest BCUT2D eigenvalue weighted by Gasteiger charge is -2.12. The Kier molecular flexibility index (Phi) is 5.53. The van der Waals surface area contributed by atoms with E-state index in [1.165, 1.54) is 22.3 Å². The van der Waals surface area contributed by atoms with Crippen molar-refractivity contribution in [3.63, 3.8) is 0 Å². The molecule has 33 heavy (non-hydrogen) atoms. The summed E-state index contributed by atoms with van der Waals surface area (Å²) >= 11 is 0. The number of anilines is 1. The summed E-state index contributed by atoms with van der Waals surface area (Å²) in [5.41, 5.74) is 11.5. The van der Waals surface area contributed by atoms with Crippen molar-refractivity contribution in [2.45, 2.75) is 27.3 Å². The molecule has 0 fully saturated rings. The lowest BCUT2D eigenvalue weighted by Crippen LogP contribution is -2.02. The van der Waals surface area contributed by atoms with Crippen LogP contribution in [0.1, 0.15) is 22.5 Å². The zero-order valence-electron chi connectivity index (χ0n) is 19.0. The van der Waals surface area contributed by atoms with Crippen molar-refractivity contribution < 1.29 is 0 Å². The number of aryl methyl sites for hydroxylation is 3. The Hall–Kier alpha value is -4.12. The molecule has 3 aromatic heterocycles. The molecule has 0 saturated carbocycles. The molecule has 0 amide bonds. The van der Waals surface area contributed by atoms with E-state index in [2.05, 4.69) is 52.5 Å². The molecule has 0 aliphatic rings. The second-order valence-electron chi connectivity index (χ2n) is 8.30. The standard InChI is InChI=1S/C28H25N5/c1-18-13-21(7-8-24(18)22-9-11-29-19(2)14-22)16-31-25-5-4-6-26-28(25)32-17-27(33-26)23-10-12-30-20(3)15-23/h4-15,17,31H,16H2,1-3H3. The normalized spacial score (nSPS) is 11.0. The molecule has 0 spiro atoms. The number of fused-ring (bicyclic) bond motifs is 1. The molecule has 5 aromatic rings. The van der Waals surface area contributed by atoms with Crippen LogP contribution in [0, 0.1) is 20.8 Å². The fraction of sp³-hybridized carbons (Fsp3) is 0.143. The van der Waals surface area contributed by atoms with E-state index in [9.17, 15) is 0 Å². The van der Waals surface area contributed by atoms with E-state index in [0.717, 1.165) is 39.4 Å². The maximum absolute atomic E-state index is 4.83. The Morgan fingerprint density at radius 2 is 1.52 bits per heavy atom. The summed E-state index contributed by atoms with van der Waals surface area (Å²) in [6.45, 7) is 6.86. The van der Waals surface area contributed by atoms with Gasteiger partial charge in [-0.1, -0.05) is 24.3 Å². The third kappa shape index (κ3) is 4.44. The summed E-state index contributed by atoms with van der Waals surface area (Å²) < 4.78 is 0. The lowest BCUT2D eigenvalue weighted by molar-refractivity contribution is 1.14. The summed E-state index contributed by atoms with van der Waals surface area (Å²) in [6.07, 6.45) is 5.50. The van der Waals surface area contributed by atoms with Crippen LogP contribution in [0.4, 0.5) is 5.69 Å². The highest BCUT2D eigenvalue weighted by Gasteiger charge is 2.08. The average molecular weight is 432 g/mol. The monoisotopic (exact) mass is 431 g/mol. The number of hydrogen-bond donors (Lipinski definition) is 1. The van der Waals surface area contributed by atoms with Crippen LogP contribution >= 0.6 is 0 Å². The lowest BCUT2D eigenvalue weighted by atomic mass is 9.98. The van der Waals surface area contributed by atoms with Crippen LogP contribution in [0.3, 0.4) is 0 Å². The van der Waals surface area contributed by atoms with Crippen LogP contribution < -0.4 is 5.32 Å². The Morgan fingerprint density at radius 1 is 0.758 bits per heavy atom. The number of pyridine rings is 2. The van der Waals surface area contributed by atoms with Gasteiger partial charge in [-0.3, -0.25) is 15.0 Å². The maximum atomic E-state index is 4.83. The second-order valence-corrected chi connectivity index (χ2v) is 8.30. The van der Waals surface area contributed by atoms with Crippen LogP contribution in [-0.4, -0.2) is 19.9 Å². The molecule has 1 N–H and O–H groups in total. The van der Waals surface area contributed by atoms with Gasteiger partial charge in [-0.05, 0) is 79.4 Å². The molecule has 0 aliphatic carbocycles. The molecule has 5 heteroatoms. The van der Waals surface area contributed by atoms with Crippen LogP contribution in [-0.2, 0) is 6.54 Å². The zero-order valence-corrected chi connectivity index (χ0v) is 19.0. The Balaban J connectivity index is 1.38. The number of nitrogens with one attached hydrogen (secondary N) is 1. The minimum atomic E-state index is 0.711. The third-order valence-corrected chi connectivity index (χ3v) is 5.75. The molecule has 5 nitrogen and oxygen atoms in total. The Bertz CT molecular complexity index is 1460. The molecular formula is C28H25N5. The van der Waals surface area contributed by atoms with Crippen molar-refractivity contribution in [2.75, 3.05) is 5.32 Å². The van der Waals surface area contributed by atoms with Gasteiger partial charge in [-0.25, -0.2) is 4.98 Å². The summed E-state index contributed by atoms with van der Waals surface area (Å²) in [5, 5.41) is 3.55. The fourth-order valence-electron chi connectivity index (χ4n) is 4.10. The highest BCUT2D eigenvalue weighted by molar-refractivity contribution is 5.88. The molecule has 0 atom stereocenters. The van der Waals surface area contributed by atoms with E-state index in [1.54, 1.807) is 6.20 Å². The van der Waals surface area contributed by atoms with Gasteiger partial charge in [0.1, 0.15) is 5.52 Å². The number of nitrogens with zero attached hydrogens (tertiary/aromatic N) is 4. The van der Waals surface area contributed by atoms with Gasteiger partial charge in [0, 0.05) is 35.9 Å². The first-order chi connectivity index (χ1) is 16.1. The van der Waals surface area contributed by atoms with Gasteiger partial charge in [0.2, 0.25) is 0 Å². The summed E-state index contributed by atoms with van der Waals surface area (Å²) in [5.74, 6) is 0. The predicted octanol–water partition coefficient (Wildman–Crippen LogP) is 6.29. The third-order valence-electron chi connectivity index (χ3n) is 5.75. The number of rotatable bonds is 5. The van der Waals surface area contributed by atoms with E-state index < -0.39 is 0 Å². The number of aromatic nitrogens is 4. The minimum Gasteiger partial charge on any atom is -0.379 e. The molecule has 0 unspecified atom stereocenters.